The molecule has 1 fully saturated rings. The van der Waals surface area contributed by atoms with Crippen LogP contribution in [-0.2, 0) is 14.3 Å². The monoisotopic (exact) mass is 242 g/mol. The maximum atomic E-state index is 11.7. The maximum absolute atomic E-state index is 11.7. The summed E-state index contributed by atoms with van der Waals surface area (Å²) in [5.41, 5.74) is 5.43. The van der Waals surface area contributed by atoms with Crippen molar-refractivity contribution in [2.45, 2.75) is 37.5 Å². The van der Waals surface area contributed by atoms with Crippen LogP contribution in [0.4, 0.5) is 0 Å². The Labute approximate surface area is 99.8 Å². The highest BCUT2D eigenvalue weighted by Gasteiger charge is 2.31. The van der Waals surface area contributed by atoms with Gasteiger partial charge in [-0.25, -0.2) is 4.79 Å². The van der Waals surface area contributed by atoms with Gasteiger partial charge >= 0.3 is 5.97 Å². The van der Waals surface area contributed by atoms with Crippen LogP contribution in [-0.4, -0.2) is 41.8 Å². The van der Waals surface area contributed by atoms with Gasteiger partial charge in [0.1, 0.15) is 12.1 Å². The molecule has 1 aliphatic heterocycles. The Hall–Kier alpha value is -1.40. The SMILES string of the molecule is C=CCC(NC(=O)C1CCC(CN)O1)C(=O)O. The van der Waals surface area contributed by atoms with Crippen molar-refractivity contribution < 1.29 is 19.4 Å². The Morgan fingerprint density at radius 3 is 2.76 bits per heavy atom. The number of amides is 1. The average Bonchev–Trinajstić information content (AvgIpc) is 2.76. The number of hydrogen-bond acceptors (Lipinski definition) is 4. The molecule has 6 heteroatoms. The summed E-state index contributed by atoms with van der Waals surface area (Å²) in [6, 6.07) is -0.944. The molecule has 3 atom stereocenters. The van der Waals surface area contributed by atoms with Gasteiger partial charge in [0.25, 0.3) is 0 Å². The van der Waals surface area contributed by atoms with Crippen LogP contribution in [0.3, 0.4) is 0 Å². The number of carbonyl (C=O) groups is 2. The smallest absolute Gasteiger partial charge is 0.326 e. The van der Waals surface area contributed by atoms with E-state index in [1.165, 1.54) is 6.08 Å². The van der Waals surface area contributed by atoms with Gasteiger partial charge in [-0.1, -0.05) is 6.08 Å². The minimum atomic E-state index is -1.08. The summed E-state index contributed by atoms with van der Waals surface area (Å²) < 4.78 is 5.38. The highest BCUT2D eigenvalue weighted by molar-refractivity contribution is 5.86. The van der Waals surface area contributed by atoms with Crippen LogP contribution in [0.25, 0.3) is 0 Å². The molecule has 0 bridgehead atoms. The lowest BCUT2D eigenvalue weighted by Gasteiger charge is -2.16. The van der Waals surface area contributed by atoms with Crippen LogP contribution in [0, 0.1) is 0 Å². The Bertz CT molecular complexity index is 306. The molecule has 1 rings (SSSR count). The predicted octanol–water partition coefficient (Wildman–Crippen LogP) is -0.362. The fourth-order valence-electron chi connectivity index (χ4n) is 1.72. The number of aliphatic carboxylic acids is 1. The van der Waals surface area contributed by atoms with Gasteiger partial charge in [-0.05, 0) is 19.3 Å². The first-order valence-corrected chi connectivity index (χ1v) is 5.58. The lowest BCUT2D eigenvalue weighted by atomic mass is 10.1. The van der Waals surface area contributed by atoms with E-state index >= 15 is 0 Å². The minimum Gasteiger partial charge on any atom is -0.480 e. The summed E-state index contributed by atoms with van der Waals surface area (Å²) in [5, 5.41) is 11.3. The zero-order chi connectivity index (χ0) is 12.8. The highest BCUT2D eigenvalue weighted by Crippen LogP contribution is 2.19. The fraction of sp³-hybridized carbons (Fsp3) is 0.636. The Morgan fingerprint density at radius 2 is 2.29 bits per heavy atom. The molecule has 1 saturated heterocycles. The lowest BCUT2D eigenvalue weighted by Crippen LogP contribution is -2.45. The van der Waals surface area contributed by atoms with E-state index < -0.39 is 24.0 Å². The van der Waals surface area contributed by atoms with Gasteiger partial charge in [-0.3, -0.25) is 4.79 Å². The number of carboxylic acid groups (broad SMARTS) is 1. The van der Waals surface area contributed by atoms with E-state index in [0.29, 0.717) is 13.0 Å². The van der Waals surface area contributed by atoms with Crippen LogP contribution < -0.4 is 11.1 Å². The molecule has 96 valence electrons. The maximum Gasteiger partial charge on any atom is 0.326 e. The molecule has 17 heavy (non-hydrogen) atoms. The van der Waals surface area contributed by atoms with Gasteiger partial charge in [-0.2, -0.15) is 0 Å². The molecular formula is C11H18N2O4. The number of nitrogens with two attached hydrogens (primary N) is 1. The van der Waals surface area contributed by atoms with Crippen LogP contribution >= 0.6 is 0 Å². The highest BCUT2D eigenvalue weighted by atomic mass is 16.5. The van der Waals surface area contributed by atoms with Gasteiger partial charge in [0.2, 0.25) is 5.91 Å². The van der Waals surface area contributed by atoms with E-state index in [0.717, 1.165) is 6.42 Å². The number of carbonyl (C=O) groups excluding carboxylic acids is 1. The van der Waals surface area contributed by atoms with Gasteiger partial charge in [-0.15, -0.1) is 6.58 Å². The average molecular weight is 242 g/mol. The fourth-order valence-corrected chi connectivity index (χ4v) is 1.72. The first kappa shape index (κ1) is 13.7. The topological polar surface area (TPSA) is 102 Å². The van der Waals surface area contributed by atoms with Crippen molar-refractivity contribution in [1.82, 2.24) is 5.32 Å². The third-order valence-corrected chi connectivity index (χ3v) is 2.68. The first-order valence-electron chi connectivity index (χ1n) is 5.58. The van der Waals surface area contributed by atoms with E-state index in [4.69, 9.17) is 15.6 Å². The third-order valence-electron chi connectivity index (χ3n) is 2.68. The summed E-state index contributed by atoms with van der Waals surface area (Å²) in [6.45, 7) is 3.82. The molecular weight excluding hydrogens is 224 g/mol. The molecule has 0 aliphatic carbocycles. The number of rotatable bonds is 6. The van der Waals surface area contributed by atoms with Crippen molar-refractivity contribution in [2.75, 3.05) is 6.54 Å². The van der Waals surface area contributed by atoms with Crippen molar-refractivity contribution in [3.8, 4) is 0 Å². The summed E-state index contributed by atoms with van der Waals surface area (Å²) in [4.78, 5) is 22.6. The van der Waals surface area contributed by atoms with Crippen LogP contribution in [0.2, 0.25) is 0 Å². The molecule has 1 heterocycles. The molecule has 0 aromatic rings. The van der Waals surface area contributed by atoms with Gasteiger partial charge < -0.3 is 20.9 Å². The number of hydrogen-bond donors (Lipinski definition) is 3. The zero-order valence-corrected chi connectivity index (χ0v) is 9.59. The summed E-state index contributed by atoms with van der Waals surface area (Å²) in [7, 11) is 0. The van der Waals surface area contributed by atoms with Crippen molar-refractivity contribution in [3.05, 3.63) is 12.7 Å². The second-order valence-corrected chi connectivity index (χ2v) is 3.98. The molecule has 3 unspecified atom stereocenters. The molecule has 4 N–H and O–H groups in total. The van der Waals surface area contributed by atoms with E-state index in [2.05, 4.69) is 11.9 Å². The van der Waals surface area contributed by atoms with E-state index in [1.54, 1.807) is 0 Å². The molecule has 6 nitrogen and oxygen atoms in total. The standard InChI is InChI=1S/C11H18N2O4/c1-2-3-8(11(15)16)13-10(14)9-5-4-7(6-12)17-9/h2,7-9H,1,3-6,12H2,(H,13,14)(H,15,16). The van der Waals surface area contributed by atoms with Gasteiger partial charge in [0.15, 0.2) is 0 Å². The summed E-state index contributed by atoms with van der Waals surface area (Å²) >= 11 is 0. The molecule has 1 amide bonds. The van der Waals surface area contributed by atoms with Crippen molar-refractivity contribution >= 4 is 11.9 Å². The normalized spacial score (nSPS) is 25.2. The molecule has 0 spiro atoms. The van der Waals surface area contributed by atoms with Crippen molar-refractivity contribution in [2.24, 2.45) is 5.73 Å². The summed E-state index contributed by atoms with van der Waals surface area (Å²) in [5.74, 6) is -1.47. The molecule has 0 radical (unpaired) electrons. The van der Waals surface area contributed by atoms with Gasteiger partial charge in [0, 0.05) is 6.54 Å². The number of ether oxygens (including phenoxy) is 1. The van der Waals surface area contributed by atoms with E-state index in [-0.39, 0.29) is 12.5 Å². The Morgan fingerprint density at radius 1 is 1.59 bits per heavy atom. The molecule has 0 saturated carbocycles. The predicted molar refractivity (Wildman–Crippen MR) is 61.3 cm³/mol. The number of carboxylic acids is 1. The quantitative estimate of drug-likeness (QED) is 0.552. The molecule has 0 aromatic carbocycles. The van der Waals surface area contributed by atoms with Crippen molar-refractivity contribution in [1.29, 1.82) is 0 Å². The van der Waals surface area contributed by atoms with Crippen LogP contribution in [0.1, 0.15) is 19.3 Å². The second kappa shape index (κ2) is 6.36. The largest absolute Gasteiger partial charge is 0.480 e. The minimum absolute atomic E-state index is 0.103. The Balaban J connectivity index is 2.47. The first-order chi connectivity index (χ1) is 8.08. The van der Waals surface area contributed by atoms with E-state index in [1.807, 2.05) is 0 Å². The van der Waals surface area contributed by atoms with Crippen LogP contribution in [0.5, 0.6) is 0 Å². The third kappa shape index (κ3) is 3.83. The van der Waals surface area contributed by atoms with Crippen molar-refractivity contribution in [3.63, 3.8) is 0 Å². The van der Waals surface area contributed by atoms with Gasteiger partial charge in [0.05, 0.1) is 6.10 Å². The second-order valence-electron chi connectivity index (χ2n) is 3.98. The lowest BCUT2D eigenvalue weighted by molar-refractivity contribution is -0.144. The Kier molecular flexibility index (Phi) is 5.11. The van der Waals surface area contributed by atoms with E-state index in [9.17, 15) is 9.59 Å². The van der Waals surface area contributed by atoms with Crippen LogP contribution in [0.15, 0.2) is 12.7 Å². The summed E-state index contributed by atoms with van der Waals surface area (Å²) in [6.07, 6.45) is 2.26. The number of nitrogens with one attached hydrogen (secondary N) is 1. The molecule has 1 aliphatic rings. The zero-order valence-electron chi connectivity index (χ0n) is 9.59. The molecule has 0 aromatic heterocycles.